The highest BCUT2D eigenvalue weighted by Crippen LogP contribution is 2.59. The van der Waals surface area contributed by atoms with Crippen LogP contribution in [0.3, 0.4) is 0 Å². The summed E-state index contributed by atoms with van der Waals surface area (Å²) in [5.41, 5.74) is 1.62. The molecule has 0 unspecified atom stereocenters. The Morgan fingerprint density at radius 3 is 2.17 bits per heavy atom. The van der Waals surface area contributed by atoms with Gasteiger partial charge in [0, 0.05) is 30.8 Å². The van der Waals surface area contributed by atoms with Gasteiger partial charge in [0.15, 0.2) is 0 Å². The molecule has 1 aromatic rings. The highest BCUT2D eigenvalue weighted by atomic mass is 16.2. The van der Waals surface area contributed by atoms with Gasteiger partial charge in [0.1, 0.15) is 0 Å². The molecular formula is C24H31N3O3. The zero-order valence-corrected chi connectivity index (χ0v) is 17.5. The largest absolute Gasteiger partial charge is 0.354 e. The van der Waals surface area contributed by atoms with Crippen LogP contribution in [0.2, 0.25) is 0 Å². The van der Waals surface area contributed by atoms with Crippen molar-refractivity contribution in [3.05, 3.63) is 29.8 Å². The minimum Gasteiger partial charge on any atom is -0.354 e. The number of rotatable bonds is 6. The van der Waals surface area contributed by atoms with Gasteiger partial charge in [0.2, 0.25) is 11.8 Å². The Hall–Kier alpha value is -2.37. The predicted molar refractivity (Wildman–Crippen MR) is 114 cm³/mol. The molecule has 6 nitrogen and oxygen atoms in total. The Balaban J connectivity index is 1.10. The maximum absolute atomic E-state index is 12.4. The van der Waals surface area contributed by atoms with Crippen LogP contribution in [0, 0.1) is 23.2 Å². The third-order valence-electron chi connectivity index (χ3n) is 7.75. The first kappa shape index (κ1) is 19.6. The van der Waals surface area contributed by atoms with Gasteiger partial charge in [-0.05, 0) is 92.4 Å². The fourth-order valence-corrected chi connectivity index (χ4v) is 6.83. The average Bonchev–Trinajstić information content (AvgIpc) is 3.15. The van der Waals surface area contributed by atoms with Gasteiger partial charge < -0.3 is 15.5 Å². The zero-order valence-electron chi connectivity index (χ0n) is 17.5. The van der Waals surface area contributed by atoms with Crippen LogP contribution in [0.25, 0.3) is 0 Å². The second-order valence-corrected chi connectivity index (χ2v) is 10.1. The van der Waals surface area contributed by atoms with E-state index in [1.54, 1.807) is 29.2 Å². The number of amides is 3. The van der Waals surface area contributed by atoms with Gasteiger partial charge in [0.05, 0.1) is 6.54 Å². The van der Waals surface area contributed by atoms with Gasteiger partial charge in [-0.2, -0.15) is 0 Å². The summed E-state index contributed by atoms with van der Waals surface area (Å²) in [5.74, 6) is 2.35. The molecule has 0 spiro atoms. The van der Waals surface area contributed by atoms with E-state index in [4.69, 9.17) is 0 Å². The normalized spacial score (nSPS) is 31.8. The predicted octanol–water partition coefficient (Wildman–Crippen LogP) is 2.88. The SMILES string of the molecule is O=C(CNC(=O)c1ccc(N2CCCC2=O)cc1)NCC12CC3CC(CC(C3)C1)C2. The molecule has 5 aliphatic rings. The molecule has 1 heterocycles. The maximum Gasteiger partial charge on any atom is 0.251 e. The molecule has 4 aliphatic carbocycles. The second-order valence-electron chi connectivity index (χ2n) is 10.1. The van der Waals surface area contributed by atoms with Crippen molar-refractivity contribution >= 4 is 23.4 Å². The van der Waals surface area contributed by atoms with Gasteiger partial charge in [0.25, 0.3) is 5.91 Å². The first-order valence-electron chi connectivity index (χ1n) is 11.4. The monoisotopic (exact) mass is 409 g/mol. The summed E-state index contributed by atoms with van der Waals surface area (Å²) in [6.45, 7) is 1.48. The number of anilines is 1. The molecule has 4 saturated carbocycles. The molecule has 6 rings (SSSR count). The molecule has 3 amide bonds. The van der Waals surface area contributed by atoms with Crippen LogP contribution < -0.4 is 15.5 Å². The maximum atomic E-state index is 12.4. The minimum atomic E-state index is -0.265. The van der Waals surface area contributed by atoms with Crippen molar-refractivity contribution in [2.45, 2.75) is 51.4 Å². The van der Waals surface area contributed by atoms with E-state index in [1.807, 2.05) is 0 Å². The Morgan fingerprint density at radius 2 is 1.60 bits per heavy atom. The lowest BCUT2D eigenvalue weighted by Crippen LogP contribution is -2.52. The Morgan fingerprint density at radius 1 is 0.967 bits per heavy atom. The van der Waals surface area contributed by atoms with E-state index in [0.717, 1.165) is 43.0 Å². The van der Waals surface area contributed by atoms with E-state index < -0.39 is 0 Å². The van der Waals surface area contributed by atoms with Crippen LogP contribution in [-0.4, -0.2) is 37.4 Å². The van der Waals surface area contributed by atoms with E-state index >= 15 is 0 Å². The smallest absolute Gasteiger partial charge is 0.251 e. The van der Waals surface area contributed by atoms with Gasteiger partial charge >= 0.3 is 0 Å². The molecule has 30 heavy (non-hydrogen) atoms. The summed E-state index contributed by atoms with van der Waals surface area (Å²) in [6.07, 6.45) is 9.43. The van der Waals surface area contributed by atoms with Crippen molar-refractivity contribution in [3.8, 4) is 0 Å². The number of nitrogens with zero attached hydrogens (tertiary/aromatic N) is 1. The van der Waals surface area contributed by atoms with E-state index in [0.29, 0.717) is 17.4 Å². The standard InChI is InChI=1S/C24H31N3O3/c28-21(26-15-24-11-16-8-17(12-24)10-18(9-16)13-24)14-25-23(30)19-3-5-20(6-4-19)27-7-1-2-22(27)29/h3-6,16-18H,1-2,7-15H2,(H,25,30)(H,26,28). The summed E-state index contributed by atoms with van der Waals surface area (Å²) in [5, 5.41) is 5.82. The number of carbonyl (C=O) groups is 3. The average molecular weight is 410 g/mol. The van der Waals surface area contributed by atoms with Crippen LogP contribution in [0.5, 0.6) is 0 Å². The first-order chi connectivity index (χ1) is 14.5. The molecule has 6 heteroatoms. The van der Waals surface area contributed by atoms with Crippen molar-refractivity contribution in [1.29, 1.82) is 0 Å². The lowest BCUT2D eigenvalue weighted by Gasteiger charge is -2.56. The van der Waals surface area contributed by atoms with Crippen molar-refractivity contribution in [1.82, 2.24) is 10.6 Å². The highest BCUT2D eigenvalue weighted by molar-refractivity contribution is 5.98. The fourth-order valence-electron chi connectivity index (χ4n) is 6.83. The third kappa shape index (κ3) is 3.84. The number of hydrogen-bond donors (Lipinski definition) is 2. The van der Waals surface area contributed by atoms with Crippen LogP contribution in [0.4, 0.5) is 5.69 Å². The lowest BCUT2D eigenvalue weighted by molar-refractivity contribution is -0.122. The summed E-state index contributed by atoms with van der Waals surface area (Å²) in [7, 11) is 0. The molecule has 0 radical (unpaired) electrons. The van der Waals surface area contributed by atoms with Crippen LogP contribution in [0.1, 0.15) is 61.7 Å². The Labute approximate surface area is 177 Å². The quantitative estimate of drug-likeness (QED) is 0.758. The Bertz CT molecular complexity index is 812. The van der Waals surface area contributed by atoms with Gasteiger partial charge in [-0.1, -0.05) is 0 Å². The van der Waals surface area contributed by atoms with Crippen LogP contribution >= 0.6 is 0 Å². The summed E-state index contributed by atoms with van der Waals surface area (Å²) in [4.78, 5) is 38.4. The summed E-state index contributed by atoms with van der Waals surface area (Å²) in [6, 6.07) is 7.02. The van der Waals surface area contributed by atoms with E-state index in [2.05, 4.69) is 10.6 Å². The van der Waals surface area contributed by atoms with E-state index in [-0.39, 0.29) is 24.3 Å². The van der Waals surface area contributed by atoms with Crippen molar-refractivity contribution < 1.29 is 14.4 Å². The fraction of sp³-hybridized carbons (Fsp3) is 0.625. The summed E-state index contributed by atoms with van der Waals surface area (Å²) < 4.78 is 0. The molecular weight excluding hydrogens is 378 g/mol. The Kier molecular flexibility index (Phi) is 5.03. The molecule has 5 fully saturated rings. The lowest BCUT2D eigenvalue weighted by atomic mass is 9.49. The molecule has 1 saturated heterocycles. The molecule has 160 valence electrons. The number of nitrogens with one attached hydrogen (secondary N) is 2. The third-order valence-corrected chi connectivity index (χ3v) is 7.75. The van der Waals surface area contributed by atoms with E-state index in [1.165, 1.54) is 38.5 Å². The molecule has 4 bridgehead atoms. The number of hydrogen-bond acceptors (Lipinski definition) is 3. The second kappa shape index (κ2) is 7.71. The topological polar surface area (TPSA) is 78.5 Å². The van der Waals surface area contributed by atoms with Crippen molar-refractivity contribution in [3.63, 3.8) is 0 Å². The van der Waals surface area contributed by atoms with E-state index in [9.17, 15) is 14.4 Å². The van der Waals surface area contributed by atoms with Gasteiger partial charge in [-0.25, -0.2) is 0 Å². The molecule has 0 atom stereocenters. The number of carbonyl (C=O) groups excluding carboxylic acids is 3. The van der Waals surface area contributed by atoms with Gasteiger partial charge in [-0.15, -0.1) is 0 Å². The first-order valence-corrected chi connectivity index (χ1v) is 11.4. The zero-order chi connectivity index (χ0) is 20.7. The summed E-state index contributed by atoms with van der Waals surface area (Å²) >= 11 is 0. The van der Waals surface area contributed by atoms with Crippen molar-refractivity contribution in [2.24, 2.45) is 23.2 Å². The van der Waals surface area contributed by atoms with Gasteiger partial charge in [-0.3, -0.25) is 14.4 Å². The molecule has 0 aromatic heterocycles. The molecule has 1 aromatic carbocycles. The highest BCUT2D eigenvalue weighted by Gasteiger charge is 2.50. The van der Waals surface area contributed by atoms with Crippen LogP contribution in [0.15, 0.2) is 24.3 Å². The minimum absolute atomic E-state index is 0.00242. The van der Waals surface area contributed by atoms with Crippen molar-refractivity contribution in [2.75, 3.05) is 24.5 Å². The molecule has 1 aliphatic heterocycles. The van der Waals surface area contributed by atoms with Crippen LogP contribution in [-0.2, 0) is 9.59 Å². The number of benzene rings is 1. The molecule has 2 N–H and O–H groups in total.